The first-order valence-corrected chi connectivity index (χ1v) is 5.92. The maximum atomic E-state index is 5.61. The van der Waals surface area contributed by atoms with Crippen molar-refractivity contribution in [3.8, 4) is 0 Å². The highest BCUT2D eigenvalue weighted by Gasteiger charge is 2.21. The fraction of sp³-hybridized carbons (Fsp3) is 0.700. The number of thiazole rings is 1. The molecule has 3 nitrogen and oxygen atoms in total. The summed E-state index contributed by atoms with van der Waals surface area (Å²) in [7, 11) is 0. The van der Waals surface area contributed by atoms with E-state index in [1.165, 1.54) is 5.01 Å². The number of ether oxygens (including phenoxy) is 1. The van der Waals surface area contributed by atoms with Crippen LogP contribution in [0.2, 0.25) is 0 Å². The Balaban J connectivity index is 2.08. The van der Waals surface area contributed by atoms with E-state index in [1.807, 2.05) is 0 Å². The molecule has 2 N–H and O–H groups in total. The van der Waals surface area contributed by atoms with Crippen molar-refractivity contribution in [1.82, 2.24) is 4.98 Å². The van der Waals surface area contributed by atoms with Gasteiger partial charge >= 0.3 is 0 Å². The first-order valence-electron chi connectivity index (χ1n) is 5.04. The van der Waals surface area contributed by atoms with Crippen LogP contribution in [-0.2, 0) is 4.74 Å². The van der Waals surface area contributed by atoms with Gasteiger partial charge in [-0.3, -0.25) is 0 Å². The molecule has 14 heavy (non-hydrogen) atoms. The first-order chi connectivity index (χ1) is 6.81. The summed E-state index contributed by atoms with van der Waals surface area (Å²) in [4.78, 5) is 4.62. The van der Waals surface area contributed by atoms with Crippen LogP contribution in [0.4, 0.5) is 0 Å². The van der Waals surface area contributed by atoms with E-state index in [4.69, 9.17) is 10.5 Å². The molecule has 0 radical (unpaired) electrons. The zero-order valence-corrected chi connectivity index (χ0v) is 9.22. The molecule has 2 atom stereocenters. The number of hydrogen-bond donors (Lipinski definition) is 1. The maximum absolute atomic E-state index is 5.61. The molecule has 78 valence electrons. The highest BCUT2D eigenvalue weighted by molar-refractivity contribution is 7.09. The Kier molecular flexibility index (Phi) is 3.15. The van der Waals surface area contributed by atoms with Crippen LogP contribution in [0.15, 0.2) is 5.38 Å². The molecule has 0 bridgehead atoms. The molecule has 1 aliphatic heterocycles. The van der Waals surface area contributed by atoms with Crippen LogP contribution in [-0.4, -0.2) is 24.7 Å². The minimum atomic E-state index is 0.377. The van der Waals surface area contributed by atoms with Gasteiger partial charge in [-0.1, -0.05) is 6.92 Å². The van der Waals surface area contributed by atoms with E-state index in [-0.39, 0.29) is 0 Å². The Labute approximate surface area is 88.3 Å². The van der Waals surface area contributed by atoms with Crippen molar-refractivity contribution in [2.24, 2.45) is 5.73 Å². The lowest BCUT2D eigenvalue weighted by Gasteiger charge is -2.04. The second-order valence-electron chi connectivity index (χ2n) is 3.81. The number of nitrogens with zero attached hydrogens (tertiary/aromatic N) is 1. The summed E-state index contributed by atoms with van der Waals surface area (Å²) in [5.41, 5.74) is 6.75. The van der Waals surface area contributed by atoms with Gasteiger partial charge in [-0.05, 0) is 6.42 Å². The normalized spacial score (nSPS) is 24.0. The SMILES string of the molecule is CC(CN)c1csc(C2CCOC2)n1. The van der Waals surface area contributed by atoms with E-state index in [0.29, 0.717) is 18.4 Å². The largest absolute Gasteiger partial charge is 0.381 e. The van der Waals surface area contributed by atoms with Crippen molar-refractivity contribution in [2.75, 3.05) is 19.8 Å². The second-order valence-corrected chi connectivity index (χ2v) is 4.70. The van der Waals surface area contributed by atoms with Crippen LogP contribution in [0, 0.1) is 0 Å². The van der Waals surface area contributed by atoms with Gasteiger partial charge in [0.25, 0.3) is 0 Å². The molecule has 4 heteroatoms. The third-order valence-electron chi connectivity index (χ3n) is 2.68. The Hall–Kier alpha value is -0.450. The summed E-state index contributed by atoms with van der Waals surface area (Å²) in [6.07, 6.45) is 1.12. The summed E-state index contributed by atoms with van der Waals surface area (Å²) in [6.45, 7) is 4.50. The van der Waals surface area contributed by atoms with Crippen LogP contribution in [0.1, 0.15) is 35.9 Å². The van der Waals surface area contributed by atoms with Crippen molar-refractivity contribution in [3.05, 3.63) is 16.1 Å². The third kappa shape index (κ3) is 1.97. The quantitative estimate of drug-likeness (QED) is 0.829. The summed E-state index contributed by atoms with van der Waals surface area (Å²) < 4.78 is 5.35. The monoisotopic (exact) mass is 212 g/mol. The van der Waals surface area contributed by atoms with Gasteiger partial charge in [-0.25, -0.2) is 4.98 Å². The molecule has 0 aromatic carbocycles. The van der Waals surface area contributed by atoms with E-state index in [9.17, 15) is 0 Å². The van der Waals surface area contributed by atoms with Crippen molar-refractivity contribution < 1.29 is 4.74 Å². The predicted octanol–water partition coefficient (Wildman–Crippen LogP) is 1.71. The van der Waals surface area contributed by atoms with Crippen molar-refractivity contribution in [2.45, 2.75) is 25.2 Å². The van der Waals surface area contributed by atoms with Gasteiger partial charge in [0.1, 0.15) is 0 Å². The Morgan fingerprint density at radius 2 is 2.64 bits per heavy atom. The van der Waals surface area contributed by atoms with E-state index in [1.54, 1.807) is 11.3 Å². The molecular formula is C10H16N2OS. The number of aromatic nitrogens is 1. The zero-order chi connectivity index (χ0) is 9.97. The van der Waals surface area contributed by atoms with Gasteiger partial charge in [0.15, 0.2) is 0 Å². The minimum Gasteiger partial charge on any atom is -0.381 e. The maximum Gasteiger partial charge on any atom is 0.0983 e. The predicted molar refractivity (Wildman–Crippen MR) is 57.8 cm³/mol. The van der Waals surface area contributed by atoms with Crippen LogP contribution in [0.5, 0.6) is 0 Å². The molecule has 0 saturated carbocycles. The highest BCUT2D eigenvalue weighted by Crippen LogP contribution is 2.29. The van der Waals surface area contributed by atoms with Gasteiger partial charge in [-0.15, -0.1) is 11.3 Å². The van der Waals surface area contributed by atoms with Crippen LogP contribution in [0.3, 0.4) is 0 Å². The lowest BCUT2D eigenvalue weighted by molar-refractivity contribution is 0.194. The fourth-order valence-corrected chi connectivity index (χ4v) is 2.63. The molecule has 0 aliphatic carbocycles. The van der Waals surface area contributed by atoms with Gasteiger partial charge in [0, 0.05) is 30.4 Å². The average Bonchev–Trinajstić information content (AvgIpc) is 2.86. The summed E-state index contributed by atoms with van der Waals surface area (Å²) in [5, 5.41) is 3.35. The van der Waals surface area contributed by atoms with Crippen LogP contribution in [0.25, 0.3) is 0 Å². The summed E-state index contributed by atoms with van der Waals surface area (Å²) in [5.74, 6) is 0.904. The Morgan fingerprint density at radius 3 is 3.29 bits per heavy atom. The molecule has 1 fully saturated rings. The fourth-order valence-electron chi connectivity index (χ4n) is 1.56. The lowest BCUT2D eigenvalue weighted by atomic mass is 10.1. The van der Waals surface area contributed by atoms with Gasteiger partial charge in [0.2, 0.25) is 0 Å². The van der Waals surface area contributed by atoms with Gasteiger partial charge < -0.3 is 10.5 Å². The minimum absolute atomic E-state index is 0.377. The Morgan fingerprint density at radius 1 is 1.79 bits per heavy atom. The topological polar surface area (TPSA) is 48.1 Å². The van der Waals surface area contributed by atoms with Gasteiger partial charge in [0.05, 0.1) is 17.3 Å². The number of nitrogens with two attached hydrogens (primary N) is 1. The number of rotatable bonds is 3. The van der Waals surface area contributed by atoms with Gasteiger partial charge in [-0.2, -0.15) is 0 Å². The third-order valence-corrected chi connectivity index (χ3v) is 3.70. The van der Waals surface area contributed by atoms with Crippen LogP contribution < -0.4 is 5.73 Å². The van der Waals surface area contributed by atoms with Crippen molar-refractivity contribution in [3.63, 3.8) is 0 Å². The standard InChI is InChI=1S/C10H16N2OS/c1-7(4-11)9-6-14-10(12-9)8-2-3-13-5-8/h6-8H,2-5,11H2,1H3. The van der Waals surface area contributed by atoms with E-state index in [2.05, 4.69) is 17.3 Å². The molecule has 2 rings (SSSR count). The number of hydrogen-bond acceptors (Lipinski definition) is 4. The first kappa shape index (κ1) is 10.1. The summed E-state index contributed by atoms with van der Waals surface area (Å²) >= 11 is 1.74. The molecule has 1 saturated heterocycles. The molecule has 1 aromatic heterocycles. The molecule has 0 amide bonds. The molecule has 2 unspecified atom stereocenters. The second kappa shape index (κ2) is 4.38. The highest BCUT2D eigenvalue weighted by atomic mass is 32.1. The van der Waals surface area contributed by atoms with Crippen molar-refractivity contribution in [1.29, 1.82) is 0 Å². The lowest BCUT2D eigenvalue weighted by Crippen LogP contribution is -2.09. The molecular weight excluding hydrogens is 196 g/mol. The van der Waals surface area contributed by atoms with Crippen LogP contribution >= 0.6 is 11.3 Å². The molecule has 0 spiro atoms. The Bertz CT molecular complexity index is 294. The molecule has 1 aliphatic rings. The van der Waals surface area contributed by atoms with E-state index >= 15 is 0 Å². The van der Waals surface area contributed by atoms with Crippen molar-refractivity contribution >= 4 is 11.3 Å². The smallest absolute Gasteiger partial charge is 0.0983 e. The zero-order valence-electron chi connectivity index (χ0n) is 8.40. The molecule has 1 aromatic rings. The van der Waals surface area contributed by atoms with E-state index < -0.39 is 0 Å². The molecule has 2 heterocycles. The van der Waals surface area contributed by atoms with E-state index in [0.717, 1.165) is 25.3 Å². The average molecular weight is 212 g/mol. The summed E-state index contributed by atoms with van der Waals surface area (Å²) in [6, 6.07) is 0.